The van der Waals surface area contributed by atoms with E-state index < -0.39 is 12.0 Å². The van der Waals surface area contributed by atoms with Crippen molar-refractivity contribution in [2.45, 2.75) is 38.4 Å². The molecule has 122 valence electrons. The molecule has 1 amide bonds. The van der Waals surface area contributed by atoms with E-state index in [9.17, 15) is 9.59 Å². The first-order chi connectivity index (χ1) is 9.99. The SMILES string of the molecule is CC(C(=O)O)N(C)CC(=O)N(Cc1ccccc1)C1CC1.Cl. The van der Waals surface area contributed by atoms with Crippen molar-refractivity contribution in [3.8, 4) is 0 Å². The highest BCUT2D eigenvalue weighted by molar-refractivity contribution is 5.85. The van der Waals surface area contributed by atoms with Gasteiger partial charge in [0.25, 0.3) is 0 Å². The Bertz CT molecular complexity index is 505. The number of likely N-dealkylation sites (N-methyl/N-ethyl adjacent to an activating group) is 1. The fraction of sp³-hybridized carbons (Fsp3) is 0.500. The van der Waals surface area contributed by atoms with E-state index in [0.29, 0.717) is 12.6 Å². The lowest BCUT2D eigenvalue weighted by Gasteiger charge is -2.27. The van der Waals surface area contributed by atoms with Gasteiger partial charge in [0.15, 0.2) is 0 Å². The monoisotopic (exact) mass is 326 g/mol. The minimum atomic E-state index is -0.911. The second-order valence-electron chi connectivity index (χ2n) is 5.67. The van der Waals surface area contributed by atoms with Crippen LogP contribution in [0.25, 0.3) is 0 Å². The van der Waals surface area contributed by atoms with Gasteiger partial charge in [-0.15, -0.1) is 12.4 Å². The van der Waals surface area contributed by atoms with Crippen LogP contribution in [0, 0.1) is 0 Å². The molecule has 1 atom stereocenters. The molecule has 22 heavy (non-hydrogen) atoms. The number of amides is 1. The molecule has 6 heteroatoms. The maximum absolute atomic E-state index is 12.5. The summed E-state index contributed by atoms with van der Waals surface area (Å²) in [6.07, 6.45) is 2.08. The van der Waals surface area contributed by atoms with E-state index in [1.165, 1.54) is 0 Å². The first kappa shape index (κ1) is 18.5. The highest BCUT2D eigenvalue weighted by Gasteiger charge is 2.33. The normalized spacial score (nSPS) is 15.0. The van der Waals surface area contributed by atoms with Gasteiger partial charge in [0.05, 0.1) is 6.54 Å². The topological polar surface area (TPSA) is 60.9 Å². The summed E-state index contributed by atoms with van der Waals surface area (Å²) in [7, 11) is 1.67. The van der Waals surface area contributed by atoms with E-state index >= 15 is 0 Å². The number of hydrogen-bond acceptors (Lipinski definition) is 3. The third-order valence-electron chi connectivity index (χ3n) is 3.91. The van der Waals surface area contributed by atoms with Crippen molar-refractivity contribution >= 4 is 24.3 Å². The van der Waals surface area contributed by atoms with Gasteiger partial charge >= 0.3 is 5.97 Å². The standard InChI is InChI=1S/C16H22N2O3.ClH/c1-12(16(20)21)17(2)11-15(19)18(14-8-9-14)10-13-6-4-3-5-7-13;/h3-7,12,14H,8-11H2,1-2H3,(H,20,21);1H. The van der Waals surface area contributed by atoms with Crippen LogP contribution < -0.4 is 0 Å². The Morgan fingerprint density at radius 1 is 1.27 bits per heavy atom. The van der Waals surface area contributed by atoms with Gasteiger partial charge in [-0.1, -0.05) is 30.3 Å². The van der Waals surface area contributed by atoms with Crippen LogP contribution in [0.5, 0.6) is 0 Å². The number of carbonyl (C=O) groups excluding carboxylic acids is 1. The Hall–Kier alpha value is -1.59. The quantitative estimate of drug-likeness (QED) is 0.832. The third-order valence-corrected chi connectivity index (χ3v) is 3.91. The van der Waals surface area contributed by atoms with Crippen LogP contribution in [0.15, 0.2) is 30.3 Å². The second kappa shape index (κ2) is 8.15. The van der Waals surface area contributed by atoms with Crippen LogP contribution in [0.4, 0.5) is 0 Å². The number of benzene rings is 1. The fourth-order valence-corrected chi connectivity index (χ4v) is 2.22. The highest BCUT2D eigenvalue weighted by Crippen LogP contribution is 2.28. The number of carbonyl (C=O) groups is 2. The lowest BCUT2D eigenvalue weighted by molar-refractivity contribution is -0.143. The smallest absolute Gasteiger partial charge is 0.320 e. The van der Waals surface area contributed by atoms with E-state index in [4.69, 9.17) is 5.11 Å². The van der Waals surface area contributed by atoms with Crippen molar-refractivity contribution in [3.63, 3.8) is 0 Å². The zero-order valence-corrected chi connectivity index (χ0v) is 13.8. The molecule has 1 unspecified atom stereocenters. The average Bonchev–Trinajstić information content (AvgIpc) is 3.29. The molecule has 1 aliphatic rings. The zero-order valence-electron chi connectivity index (χ0n) is 12.9. The van der Waals surface area contributed by atoms with Crippen molar-refractivity contribution in [1.82, 2.24) is 9.80 Å². The molecule has 1 aromatic carbocycles. The third kappa shape index (κ3) is 5.00. The van der Waals surface area contributed by atoms with Gasteiger partial charge in [0.2, 0.25) is 5.91 Å². The van der Waals surface area contributed by atoms with Crippen molar-refractivity contribution in [1.29, 1.82) is 0 Å². The Labute approximate surface area is 137 Å². The van der Waals surface area contributed by atoms with Crippen molar-refractivity contribution in [3.05, 3.63) is 35.9 Å². The molecule has 0 heterocycles. The van der Waals surface area contributed by atoms with Gasteiger partial charge in [0, 0.05) is 12.6 Å². The molecule has 0 aliphatic heterocycles. The summed E-state index contributed by atoms with van der Waals surface area (Å²) in [6, 6.07) is 9.54. The van der Waals surface area contributed by atoms with Crippen molar-refractivity contribution in [2.24, 2.45) is 0 Å². The Kier molecular flexibility index (Phi) is 6.84. The minimum absolute atomic E-state index is 0. The van der Waals surface area contributed by atoms with Gasteiger partial charge < -0.3 is 10.0 Å². The molecule has 2 rings (SSSR count). The Balaban J connectivity index is 0.00000242. The van der Waals surface area contributed by atoms with E-state index in [2.05, 4.69) is 0 Å². The van der Waals surface area contributed by atoms with Crippen LogP contribution in [0.3, 0.4) is 0 Å². The maximum Gasteiger partial charge on any atom is 0.320 e. The van der Waals surface area contributed by atoms with Gasteiger partial charge in [-0.2, -0.15) is 0 Å². The summed E-state index contributed by atoms with van der Waals surface area (Å²) in [5.74, 6) is -0.914. The van der Waals surface area contributed by atoms with Gasteiger partial charge in [0.1, 0.15) is 6.04 Å². The molecular formula is C16H23ClN2O3. The van der Waals surface area contributed by atoms with Crippen LogP contribution in [-0.2, 0) is 16.1 Å². The largest absolute Gasteiger partial charge is 0.480 e. The molecular weight excluding hydrogens is 304 g/mol. The summed E-state index contributed by atoms with van der Waals surface area (Å²) in [5.41, 5.74) is 1.10. The lowest BCUT2D eigenvalue weighted by atomic mass is 10.2. The highest BCUT2D eigenvalue weighted by atomic mass is 35.5. The summed E-state index contributed by atoms with van der Waals surface area (Å²) < 4.78 is 0. The predicted octanol–water partition coefficient (Wildman–Crippen LogP) is 2.00. The van der Waals surface area contributed by atoms with Crippen LogP contribution in [-0.4, -0.2) is 52.5 Å². The number of rotatable bonds is 7. The average molecular weight is 327 g/mol. The van der Waals surface area contributed by atoms with Crippen molar-refractivity contribution in [2.75, 3.05) is 13.6 Å². The van der Waals surface area contributed by atoms with Crippen LogP contribution in [0.1, 0.15) is 25.3 Å². The van der Waals surface area contributed by atoms with E-state index in [0.717, 1.165) is 18.4 Å². The summed E-state index contributed by atoms with van der Waals surface area (Å²) >= 11 is 0. The molecule has 1 aromatic rings. The molecule has 1 aliphatic carbocycles. The predicted molar refractivity (Wildman–Crippen MR) is 87.0 cm³/mol. The summed E-state index contributed by atoms with van der Waals surface area (Å²) in [4.78, 5) is 26.9. The number of carboxylic acids is 1. The first-order valence-electron chi connectivity index (χ1n) is 7.25. The first-order valence-corrected chi connectivity index (χ1v) is 7.25. The molecule has 0 saturated heterocycles. The zero-order chi connectivity index (χ0) is 15.4. The summed E-state index contributed by atoms with van der Waals surface area (Å²) in [6.45, 7) is 2.32. The molecule has 0 bridgehead atoms. The minimum Gasteiger partial charge on any atom is -0.480 e. The molecule has 1 N–H and O–H groups in total. The number of aliphatic carboxylic acids is 1. The van der Waals surface area contributed by atoms with Gasteiger partial charge in [-0.3, -0.25) is 14.5 Å². The molecule has 1 saturated carbocycles. The number of halogens is 1. The van der Waals surface area contributed by atoms with E-state index in [-0.39, 0.29) is 24.9 Å². The molecule has 1 fully saturated rings. The molecule has 0 aromatic heterocycles. The molecule has 0 spiro atoms. The Morgan fingerprint density at radius 2 is 1.86 bits per heavy atom. The van der Waals surface area contributed by atoms with Crippen molar-refractivity contribution < 1.29 is 14.7 Å². The second-order valence-corrected chi connectivity index (χ2v) is 5.67. The summed E-state index contributed by atoms with van der Waals surface area (Å²) in [5, 5.41) is 8.99. The fourth-order valence-electron chi connectivity index (χ4n) is 2.22. The van der Waals surface area contributed by atoms with Gasteiger partial charge in [-0.25, -0.2) is 0 Å². The number of nitrogens with zero attached hydrogens (tertiary/aromatic N) is 2. The Morgan fingerprint density at radius 3 is 2.36 bits per heavy atom. The van der Waals surface area contributed by atoms with E-state index in [1.54, 1.807) is 18.9 Å². The number of carboxylic acid groups (broad SMARTS) is 1. The van der Waals surface area contributed by atoms with Gasteiger partial charge in [-0.05, 0) is 32.4 Å². The molecule has 0 radical (unpaired) electrons. The number of hydrogen-bond donors (Lipinski definition) is 1. The maximum atomic E-state index is 12.5. The lowest BCUT2D eigenvalue weighted by Crippen LogP contribution is -2.44. The van der Waals surface area contributed by atoms with Crippen LogP contribution >= 0.6 is 12.4 Å². The molecule has 5 nitrogen and oxygen atoms in total. The van der Waals surface area contributed by atoms with Crippen LogP contribution in [0.2, 0.25) is 0 Å². The van der Waals surface area contributed by atoms with E-state index in [1.807, 2.05) is 35.2 Å².